The van der Waals surface area contributed by atoms with Gasteiger partial charge < -0.3 is 24.6 Å². The highest BCUT2D eigenvalue weighted by atomic mass is 16.5. The monoisotopic (exact) mass is 405 g/mol. The van der Waals surface area contributed by atoms with Crippen molar-refractivity contribution < 1.29 is 9.84 Å². The molecule has 0 amide bonds. The number of hydrogen-bond donors (Lipinski definition) is 2. The lowest BCUT2D eigenvalue weighted by Crippen LogP contribution is -2.34. The summed E-state index contributed by atoms with van der Waals surface area (Å²) < 4.78 is 9.03. The molecule has 4 aromatic rings. The molecule has 4 heterocycles. The number of hydrogen-bond acceptors (Lipinski definition) is 7. The van der Waals surface area contributed by atoms with Gasteiger partial charge in [0.05, 0.1) is 31.6 Å². The summed E-state index contributed by atoms with van der Waals surface area (Å²) in [5.41, 5.74) is 1.81. The molecule has 1 aliphatic heterocycles. The first-order valence-corrected chi connectivity index (χ1v) is 9.93. The lowest BCUT2D eigenvalue weighted by molar-refractivity contribution is 0.265. The van der Waals surface area contributed by atoms with Crippen molar-refractivity contribution in [3.8, 4) is 11.4 Å². The maximum absolute atomic E-state index is 9.68. The zero-order valence-electron chi connectivity index (χ0n) is 16.6. The van der Waals surface area contributed by atoms with Gasteiger partial charge in [-0.05, 0) is 37.1 Å². The van der Waals surface area contributed by atoms with Gasteiger partial charge in [0.25, 0.3) is 0 Å². The van der Waals surface area contributed by atoms with Crippen LogP contribution < -0.4 is 15.0 Å². The molecule has 9 heteroatoms. The number of ether oxygens (including phenoxy) is 1. The van der Waals surface area contributed by atoms with Gasteiger partial charge in [-0.1, -0.05) is 6.07 Å². The number of aliphatic hydroxyl groups is 1. The molecule has 30 heavy (non-hydrogen) atoms. The van der Waals surface area contributed by atoms with Crippen molar-refractivity contribution in [2.45, 2.75) is 18.9 Å². The molecule has 1 aliphatic rings. The van der Waals surface area contributed by atoms with Gasteiger partial charge in [-0.25, -0.2) is 9.50 Å². The van der Waals surface area contributed by atoms with Crippen molar-refractivity contribution in [3.63, 3.8) is 0 Å². The fourth-order valence-electron chi connectivity index (χ4n) is 3.85. The average Bonchev–Trinajstić information content (AvgIpc) is 3.53. The van der Waals surface area contributed by atoms with Gasteiger partial charge in [0.1, 0.15) is 23.4 Å². The minimum absolute atomic E-state index is 0.0538. The van der Waals surface area contributed by atoms with E-state index in [4.69, 9.17) is 9.72 Å². The van der Waals surface area contributed by atoms with Gasteiger partial charge in [-0.15, -0.1) is 5.10 Å². The van der Waals surface area contributed by atoms with E-state index in [1.54, 1.807) is 18.0 Å². The first kappa shape index (κ1) is 18.4. The Balaban J connectivity index is 1.47. The Kier molecular flexibility index (Phi) is 4.72. The zero-order valence-corrected chi connectivity index (χ0v) is 16.6. The van der Waals surface area contributed by atoms with Crippen molar-refractivity contribution in [3.05, 3.63) is 55.1 Å². The predicted molar refractivity (Wildman–Crippen MR) is 114 cm³/mol. The van der Waals surface area contributed by atoms with Crippen LogP contribution in [0, 0.1) is 0 Å². The third kappa shape index (κ3) is 3.33. The summed E-state index contributed by atoms with van der Waals surface area (Å²) in [5.74, 6) is 2.73. The summed E-state index contributed by atoms with van der Waals surface area (Å²) in [4.78, 5) is 11.3. The summed E-state index contributed by atoms with van der Waals surface area (Å²) in [5, 5.41) is 17.6. The van der Waals surface area contributed by atoms with E-state index in [1.807, 2.05) is 53.4 Å². The molecule has 1 fully saturated rings. The molecular formula is C21H23N7O2. The summed E-state index contributed by atoms with van der Waals surface area (Å²) in [6, 6.07) is 11.7. The van der Waals surface area contributed by atoms with Gasteiger partial charge >= 0.3 is 0 Å². The van der Waals surface area contributed by atoms with Crippen LogP contribution in [0.15, 0.2) is 55.1 Å². The van der Waals surface area contributed by atoms with Gasteiger partial charge in [0.2, 0.25) is 5.95 Å². The SMILES string of the molecule is COc1cccc(-n2cnc(Nc3nc(N4CCC[C@H]4CO)nn4cccc34)c2)c1. The largest absolute Gasteiger partial charge is 0.497 e. The summed E-state index contributed by atoms with van der Waals surface area (Å²) in [7, 11) is 1.65. The van der Waals surface area contributed by atoms with Gasteiger partial charge in [-0.3, -0.25) is 0 Å². The summed E-state index contributed by atoms with van der Waals surface area (Å²) >= 11 is 0. The Hall–Kier alpha value is -3.59. The van der Waals surface area contributed by atoms with E-state index in [0.29, 0.717) is 17.6 Å². The van der Waals surface area contributed by atoms with Crippen molar-refractivity contribution in [2.75, 3.05) is 30.5 Å². The molecule has 3 aromatic heterocycles. The highest BCUT2D eigenvalue weighted by Gasteiger charge is 2.27. The van der Waals surface area contributed by atoms with Crippen LogP contribution >= 0.6 is 0 Å². The summed E-state index contributed by atoms with van der Waals surface area (Å²) in [6.07, 6.45) is 7.51. The molecule has 0 saturated carbocycles. The second kappa shape index (κ2) is 7.68. The van der Waals surface area contributed by atoms with Gasteiger partial charge in [0, 0.05) is 18.8 Å². The molecule has 1 saturated heterocycles. The Morgan fingerprint density at radius 2 is 2.20 bits per heavy atom. The van der Waals surface area contributed by atoms with Crippen LogP contribution in [0.5, 0.6) is 5.75 Å². The van der Waals surface area contributed by atoms with Gasteiger partial charge in [-0.2, -0.15) is 4.98 Å². The normalized spacial score (nSPS) is 16.3. The minimum atomic E-state index is 0.0538. The highest BCUT2D eigenvalue weighted by molar-refractivity contribution is 5.73. The number of imidazole rings is 1. The lowest BCUT2D eigenvalue weighted by Gasteiger charge is -2.23. The fraction of sp³-hybridized carbons (Fsp3) is 0.286. The van der Waals surface area contributed by atoms with E-state index in [0.717, 1.165) is 36.3 Å². The predicted octanol–water partition coefficient (Wildman–Crippen LogP) is 2.63. The van der Waals surface area contributed by atoms with E-state index < -0.39 is 0 Å². The van der Waals surface area contributed by atoms with E-state index in [1.165, 1.54) is 0 Å². The third-order valence-corrected chi connectivity index (χ3v) is 5.41. The first-order valence-electron chi connectivity index (χ1n) is 9.93. The maximum atomic E-state index is 9.68. The smallest absolute Gasteiger partial charge is 0.245 e. The lowest BCUT2D eigenvalue weighted by atomic mass is 10.2. The molecular weight excluding hydrogens is 382 g/mol. The standard InChI is InChI=1S/C21H23N7O2/c1-30-17-7-2-5-15(11-17)26-12-19(22-14-26)23-20-18-8-4-10-28(18)25-21(24-20)27-9-3-6-16(27)13-29/h2,4-5,7-8,10-12,14,16,29H,3,6,9,13H2,1H3,(H,23,24,25)/t16-/m0/s1. The second-order valence-corrected chi connectivity index (χ2v) is 7.26. The topological polar surface area (TPSA) is 92.7 Å². The van der Waals surface area contributed by atoms with Gasteiger partial charge in [0.15, 0.2) is 5.82 Å². The van der Waals surface area contributed by atoms with Crippen molar-refractivity contribution in [2.24, 2.45) is 0 Å². The molecule has 1 aromatic carbocycles. The zero-order chi connectivity index (χ0) is 20.5. The number of fused-ring (bicyclic) bond motifs is 1. The number of aliphatic hydroxyl groups excluding tert-OH is 1. The summed E-state index contributed by atoms with van der Waals surface area (Å²) in [6.45, 7) is 0.933. The Labute approximate surface area is 173 Å². The number of rotatable bonds is 6. The van der Waals surface area contributed by atoms with Crippen LogP contribution in [0.1, 0.15) is 12.8 Å². The first-order chi connectivity index (χ1) is 14.7. The maximum Gasteiger partial charge on any atom is 0.245 e. The number of methoxy groups -OCH3 is 1. The molecule has 0 radical (unpaired) electrons. The molecule has 0 unspecified atom stereocenters. The molecule has 0 aliphatic carbocycles. The average molecular weight is 405 g/mol. The molecule has 2 N–H and O–H groups in total. The van der Waals surface area contributed by atoms with Crippen LogP contribution in [0.25, 0.3) is 11.2 Å². The minimum Gasteiger partial charge on any atom is -0.497 e. The van der Waals surface area contributed by atoms with Crippen LogP contribution in [-0.4, -0.2) is 55.6 Å². The number of nitrogens with one attached hydrogen (secondary N) is 1. The van der Waals surface area contributed by atoms with E-state index >= 15 is 0 Å². The van der Waals surface area contributed by atoms with E-state index in [2.05, 4.69) is 20.3 Å². The van der Waals surface area contributed by atoms with E-state index in [-0.39, 0.29) is 12.6 Å². The van der Waals surface area contributed by atoms with Crippen LogP contribution in [0.3, 0.4) is 0 Å². The van der Waals surface area contributed by atoms with E-state index in [9.17, 15) is 5.11 Å². The number of nitrogens with zero attached hydrogens (tertiary/aromatic N) is 6. The quantitative estimate of drug-likeness (QED) is 0.509. The molecule has 1 atom stereocenters. The third-order valence-electron chi connectivity index (χ3n) is 5.41. The van der Waals surface area contributed by atoms with Crippen LogP contribution in [0.2, 0.25) is 0 Å². The Bertz CT molecular complexity index is 1170. The van der Waals surface area contributed by atoms with Crippen molar-refractivity contribution in [1.29, 1.82) is 0 Å². The second-order valence-electron chi connectivity index (χ2n) is 7.26. The molecule has 5 rings (SSSR count). The highest BCUT2D eigenvalue weighted by Crippen LogP contribution is 2.27. The number of aromatic nitrogens is 5. The molecule has 0 spiro atoms. The Morgan fingerprint density at radius 1 is 1.27 bits per heavy atom. The van der Waals surface area contributed by atoms with Crippen molar-refractivity contribution in [1.82, 2.24) is 24.1 Å². The fourth-order valence-corrected chi connectivity index (χ4v) is 3.85. The molecule has 9 nitrogen and oxygen atoms in total. The van der Waals surface area contributed by atoms with Crippen LogP contribution in [0.4, 0.5) is 17.6 Å². The molecule has 154 valence electrons. The number of anilines is 3. The molecule has 0 bridgehead atoms. The Morgan fingerprint density at radius 3 is 3.07 bits per heavy atom. The van der Waals surface area contributed by atoms with Crippen LogP contribution in [-0.2, 0) is 0 Å². The number of benzene rings is 1. The van der Waals surface area contributed by atoms with Crippen molar-refractivity contribution >= 4 is 23.1 Å².